The fraction of sp³-hybridized carbons (Fsp3) is 0.571. The highest BCUT2D eigenvalue weighted by molar-refractivity contribution is 7.99. The molecule has 0 saturated heterocycles. The van der Waals surface area contributed by atoms with Crippen molar-refractivity contribution in [1.82, 2.24) is 9.55 Å². The molecule has 2 nitrogen and oxygen atoms in total. The number of fused-ring (bicyclic) bond motifs is 1. The van der Waals surface area contributed by atoms with Crippen LogP contribution in [0.3, 0.4) is 0 Å². The Balaban J connectivity index is 0.000000231. The molecule has 2 rings (SSSR count). The van der Waals surface area contributed by atoms with Gasteiger partial charge in [0, 0.05) is 24.7 Å². The standard InChI is InChI=1S/C5H6N2S.C2H6/c1-2-7-3-4-8-5(7)6-1;1-2/h1-2H,3-4H2;1-2H3. The highest BCUT2D eigenvalue weighted by Crippen LogP contribution is 2.21. The molecule has 56 valence electrons. The molecule has 1 aliphatic rings. The Kier molecular flexibility index (Phi) is 2.81. The molecule has 1 aliphatic heterocycles. The van der Waals surface area contributed by atoms with Gasteiger partial charge in [-0.2, -0.15) is 0 Å². The molecular formula is C7H12N2S. The van der Waals surface area contributed by atoms with E-state index in [1.165, 1.54) is 10.9 Å². The van der Waals surface area contributed by atoms with Crippen molar-refractivity contribution in [3.8, 4) is 0 Å². The summed E-state index contributed by atoms with van der Waals surface area (Å²) in [7, 11) is 0. The van der Waals surface area contributed by atoms with Gasteiger partial charge in [0.2, 0.25) is 0 Å². The number of thioether (sulfide) groups is 1. The Labute approximate surface area is 65.7 Å². The average Bonchev–Trinajstić information content (AvgIpc) is 2.49. The predicted molar refractivity (Wildman–Crippen MR) is 44.3 cm³/mol. The SMILES string of the molecule is CC.c1cn2c(n1)SCC2. The van der Waals surface area contributed by atoms with Crippen LogP contribution in [0.4, 0.5) is 0 Å². The third-order valence-electron chi connectivity index (χ3n) is 1.24. The summed E-state index contributed by atoms with van der Waals surface area (Å²) in [4.78, 5) is 4.12. The van der Waals surface area contributed by atoms with E-state index in [1.807, 2.05) is 38.0 Å². The third-order valence-corrected chi connectivity index (χ3v) is 2.23. The summed E-state index contributed by atoms with van der Waals surface area (Å²) in [6.07, 6.45) is 3.87. The summed E-state index contributed by atoms with van der Waals surface area (Å²) >= 11 is 1.83. The van der Waals surface area contributed by atoms with Gasteiger partial charge in [0.1, 0.15) is 0 Å². The minimum Gasteiger partial charge on any atom is -0.325 e. The van der Waals surface area contributed by atoms with E-state index < -0.39 is 0 Å². The van der Waals surface area contributed by atoms with Crippen LogP contribution in [-0.4, -0.2) is 15.3 Å². The van der Waals surface area contributed by atoms with E-state index in [4.69, 9.17) is 0 Å². The molecule has 0 radical (unpaired) electrons. The monoisotopic (exact) mass is 156 g/mol. The Morgan fingerprint density at radius 1 is 1.60 bits per heavy atom. The normalized spacial score (nSPS) is 13.8. The topological polar surface area (TPSA) is 17.8 Å². The summed E-state index contributed by atoms with van der Waals surface area (Å²) in [5, 5.41) is 1.17. The highest BCUT2D eigenvalue weighted by atomic mass is 32.2. The van der Waals surface area contributed by atoms with E-state index in [1.54, 1.807) is 0 Å². The van der Waals surface area contributed by atoms with E-state index in [0.717, 1.165) is 6.54 Å². The van der Waals surface area contributed by atoms with Crippen LogP contribution in [0.15, 0.2) is 17.6 Å². The number of aromatic nitrogens is 2. The Morgan fingerprint density at radius 2 is 2.40 bits per heavy atom. The largest absolute Gasteiger partial charge is 0.325 e. The number of rotatable bonds is 0. The molecule has 0 atom stereocenters. The minimum absolute atomic E-state index is 1.14. The van der Waals surface area contributed by atoms with Crippen molar-refractivity contribution in [3.63, 3.8) is 0 Å². The van der Waals surface area contributed by atoms with Crippen molar-refractivity contribution in [2.45, 2.75) is 25.5 Å². The molecule has 0 N–H and O–H groups in total. The Hall–Kier alpha value is -0.440. The van der Waals surface area contributed by atoms with E-state index in [0.29, 0.717) is 0 Å². The van der Waals surface area contributed by atoms with Crippen LogP contribution in [-0.2, 0) is 6.54 Å². The van der Waals surface area contributed by atoms with Crippen LogP contribution < -0.4 is 0 Å². The molecule has 0 aromatic carbocycles. The summed E-state index contributed by atoms with van der Waals surface area (Å²) in [6.45, 7) is 5.14. The number of hydrogen-bond acceptors (Lipinski definition) is 2. The molecular weight excluding hydrogens is 144 g/mol. The molecule has 0 unspecified atom stereocenters. The van der Waals surface area contributed by atoms with Crippen molar-refractivity contribution in [1.29, 1.82) is 0 Å². The van der Waals surface area contributed by atoms with Crippen molar-refractivity contribution in [2.24, 2.45) is 0 Å². The lowest BCUT2D eigenvalue weighted by molar-refractivity contribution is 0.719. The minimum atomic E-state index is 1.14. The third kappa shape index (κ3) is 1.34. The molecule has 3 heteroatoms. The van der Waals surface area contributed by atoms with Crippen LogP contribution >= 0.6 is 11.8 Å². The highest BCUT2D eigenvalue weighted by Gasteiger charge is 2.08. The van der Waals surface area contributed by atoms with Gasteiger partial charge in [0.05, 0.1) is 0 Å². The van der Waals surface area contributed by atoms with Crippen LogP contribution in [0.25, 0.3) is 0 Å². The number of nitrogens with zero attached hydrogens (tertiary/aromatic N) is 2. The quantitative estimate of drug-likeness (QED) is 0.572. The molecule has 0 saturated carbocycles. The second-order valence-electron chi connectivity index (χ2n) is 1.75. The summed E-state index contributed by atoms with van der Waals surface area (Å²) < 4.78 is 2.17. The van der Waals surface area contributed by atoms with Crippen molar-refractivity contribution >= 4 is 11.8 Å². The lowest BCUT2D eigenvalue weighted by Gasteiger charge is -1.86. The molecule has 0 amide bonds. The van der Waals surface area contributed by atoms with Crippen LogP contribution in [0.5, 0.6) is 0 Å². The zero-order valence-corrected chi connectivity index (χ0v) is 7.19. The molecule has 1 aromatic heterocycles. The first kappa shape index (κ1) is 7.66. The molecule has 1 aromatic rings. The van der Waals surface area contributed by atoms with Gasteiger partial charge in [0.25, 0.3) is 0 Å². The maximum Gasteiger partial charge on any atom is 0.168 e. The smallest absolute Gasteiger partial charge is 0.168 e. The van der Waals surface area contributed by atoms with Crippen molar-refractivity contribution in [2.75, 3.05) is 5.75 Å². The number of aryl methyl sites for hydroxylation is 1. The molecule has 2 heterocycles. The maximum absolute atomic E-state index is 4.12. The average molecular weight is 156 g/mol. The van der Waals surface area contributed by atoms with Gasteiger partial charge in [-0.05, 0) is 0 Å². The van der Waals surface area contributed by atoms with Crippen LogP contribution in [0.2, 0.25) is 0 Å². The van der Waals surface area contributed by atoms with E-state index >= 15 is 0 Å². The van der Waals surface area contributed by atoms with Gasteiger partial charge >= 0.3 is 0 Å². The Morgan fingerprint density at radius 3 is 3.10 bits per heavy atom. The zero-order chi connectivity index (χ0) is 7.40. The van der Waals surface area contributed by atoms with Gasteiger partial charge in [-0.3, -0.25) is 0 Å². The molecule has 10 heavy (non-hydrogen) atoms. The van der Waals surface area contributed by atoms with Gasteiger partial charge in [-0.1, -0.05) is 25.6 Å². The predicted octanol–water partition coefficient (Wildman–Crippen LogP) is 2.02. The molecule has 0 bridgehead atoms. The number of hydrogen-bond donors (Lipinski definition) is 0. The van der Waals surface area contributed by atoms with Gasteiger partial charge in [-0.15, -0.1) is 0 Å². The van der Waals surface area contributed by atoms with Gasteiger partial charge in [0.15, 0.2) is 5.16 Å². The Bertz CT molecular complexity index is 177. The zero-order valence-electron chi connectivity index (χ0n) is 6.37. The number of imidazole rings is 1. The van der Waals surface area contributed by atoms with Crippen molar-refractivity contribution in [3.05, 3.63) is 12.4 Å². The fourth-order valence-corrected chi connectivity index (χ4v) is 1.77. The fourth-order valence-electron chi connectivity index (χ4n) is 0.841. The lowest BCUT2D eigenvalue weighted by atomic mass is 10.7. The van der Waals surface area contributed by atoms with Crippen LogP contribution in [0, 0.1) is 0 Å². The van der Waals surface area contributed by atoms with Crippen molar-refractivity contribution < 1.29 is 0 Å². The molecule has 0 fully saturated rings. The maximum atomic E-state index is 4.12. The molecule has 0 aliphatic carbocycles. The van der Waals surface area contributed by atoms with E-state index in [9.17, 15) is 0 Å². The van der Waals surface area contributed by atoms with E-state index in [-0.39, 0.29) is 0 Å². The van der Waals surface area contributed by atoms with Gasteiger partial charge < -0.3 is 4.57 Å². The van der Waals surface area contributed by atoms with Crippen LogP contribution in [0.1, 0.15) is 13.8 Å². The summed E-state index contributed by atoms with van der Waals surface area (Å²) in [5.74, 6) is 1.20. The first-order valence-electron chi connectivity index (χ1n) is 3.61. The summed E-state index contributed by atoms with van der Waals surface area (Å²) in [5.41, 5.74) is 0. The lowest BCUT2D eigenvalue weighted by Crippen LogP contribution is -1.88. The second-order valence-corrected chi connectivity index (χ2v) is 2.81. The first-order valence-corrected chi connectivity index (χ1v) is 4.59. The summed E-state index contributed by atoms with van der Waals surface area (Å²) in [6, 6.07) is 0. The molecule has 0 spiro atoms. The van der Waals surface area contributed by atoms with E-state index in [2.05, 4.69) is 9.55 Å². The van der Waals surface area contributed by atoms with Gasteiger partial charge in [-0.25, -0.2) is 4.98 Å². The second kappa shape index (κ2) is 3.66. The first-order chi connectivity index (χ1) is 4.97.